The molecule has 0 saturated heterocycles. The van der Waals surface area contributed by atoms with E-state index in [1.165, 1.54) is 11.3 Å². The Morgan fingerprint density at radius 2 is 1.89 bits per heavy atom. The molecule has 0 radical (unpaired) electrons. The molecule has 36 heavy (non-hydrogen) atoms. The highest BCUT2D eigenvalue weighted by Gasteiger charge is 2.34. The normalized spacial score (nSPS) is 15.1. The fourth-order valence-electron chi connectivity index (χ4n) is 4.45. The van der Waals surface area contributed by atoms with Crippen molar-refractivity contribution >= 4 is 45.4 Å². The molecule has 1 aliphatic carbocycles. The molecule has 4 rings (SSSR count). The number of hydrogen-bond donors (Lipinski definition) is 2. The molecule has 8 heteroatoms. The van der Waals surface area contributed by atoms with E-state index in [9.17, 15) is 9.59 Å². The predicted octanol–water partition coefficient (Wildman–Crippen LogP) is 6.83. The average molecular weight is 527 g/mol. The molecule has 1 aliphatic rings. The van der Waals surface area contributed by atoms with Crippen LogP contribution in [0.4, 0.5) is 10.7 Å². The van der Waals surface area contributed by atoms with Crippen molar-refractivity contribution in [2.75, 3.05) is 24.4 Å². The minimum absolute atomic E-state index is 0.162. The third kappa shape index (κ3) is 6.02. The minimum atomic E-state index is -0.340. The van der Waals surface area contributed by atoms with Gasteiger partial charge < -0.3 is 20.1 Å². The summed E-state index contributed by atoms with van der Waals surface area (Å²) in [5, 5.41) is 6.98. The number of carbonyl (C=O) groups is 2. The highest BCUT2D eigenvalue weighted by Crippen LogP contribution is 2.44. The first-order valence-corrected chi connectivity index (χ1v) is 13.1. The molecule has 0 aliphatic heterocycles. The molecule has 190 valence electrons. The van der Waals surface area contributed by atoms with E-state index in [2.05, 4.69) is 31.4 Å². The largest absolute Gasteiger partial charge is 0.495 e. The second kappa shape index (κ2) is 10.9. The Bertz CT molecular complexity index is 1260. The Morgan fingerprint density at radius 1 is 1.11 bits per heavy atom. The summed E-state index contributed by atoms with van der Waals surface area (Å²) in [4.78, 5) is 27.5. The zero-order valence-corrected chi connectivity index (χ0v) is 22.5. The van der Waals surface area contributed by atoms with Crippen LogP contribution >= 0.6 is 22.9 Å². The number of amides is 2. The van der Waals surface area contributed by atoms with Gasteiger partial charge in [-0.3, -0.25) is 9.59 Å². The van der Waals surface area contributed by atoms with Crippen molar-refractivity contribution in [2.45, 2.75) is 40.0 Å². The van der Waals surface area contributed by atoms with Crippen molar-refractivity contribution in [2.24, 2.45) is 11.3 Å². The lowest BCUT2D eigenvalue weighted by Gasteiger charge is -2.33. The van der Waals surface area contributed by atoms with Crippen LogP contribution in [-0.2, 0) is 17.6 Å². The lowest BCUT2D eigenvalue weighted by atomic mass is 9.72. The van der Waals surface area contributed by atoms with Gasteiger partial charge in [-0.1, -0.05) is 50.6 Å². The molecule has 1 aromatic heterocycles. The second-order valence-corrected chi connectivity index (χ2v) is 11.5. The van der Waals surface area contributed by atoms with E-state index in [4.69, 9.17) is 21.1 Å². The van der Waals surface area contributed by atoms with Crippen LogP contribution in [0.15, 0.2) is 48.5 Å². The molecule has 1 atom stereocenters. The van der Waals surface area contributed by atoms with E-state index in [1.54, 1.807) is 43.5 Å². The zero-order chi connectivity index (χ0) is 25.9. The van der Waals surface area contributed by atoms with Gasteiger partial charge in [0.1, 0.15) is 16.5 Å². The fraction of sp³-hybridized carbons (Fsp3) is 0.357. The average Bonchev–Trinajstić information content (AvgIpc) is 3.19. The van der Waals surface area contributed by atoms with Gasteiger partial charge in [0.15, 0.2) is 6.61 Å². The Morgan fingerprint density at radius 3 is 2.61 bits per heavy atom. The van der Waals surface area contributed by atoms with Gasteiger partial charge in [0.2, 0.25) is 0 Å². The maximum absolute atomic E-state index is 13.6. The summed E-state index contributed by atoms with van der Waals surface area (Å²) in [6, 6.07) is 14.2. The molecule has 2 amide bonds. The molecule has 2 N–H and O–H groups in total. The monoisotopic (exact) mass is 526 g/mol. The Balaban J connectivity index is 1.59. The maximum atomic E-state index is 13.6. The maximum Gasteiger partial charge on any atom is 0.262 e. The van der Waals surface area contributed by atoms with Crippen molar-refractivity contribution in [3.05, 3.63) is 69.6 Å². The van der Waals surface area contributed by atoms with Crippen LogP contribution in [0.5, 0.6) is 11.5 Å². The Hall–Kier alpha value is -3.03. The lowest BCUT2D eigenvalue weighted by Crippen LogP contribution is -2.27. The number of ether oxygens (including phenoxy) is 2. The number of para-hydroxylation sites is 2. The highest BCUT2D eigenvalue weighted by atomic mass is 35.5. The van der Waals surface area contributed by atoms with Gasteiger partial charge in [0.05, 0.1) is 18.4 Å². The second-order valence-electron chi connectivity index (χ2n) is 9.96. The summed E-state index contributed by atoms with van der Waals surface area (Å²) in [5.41, 5.74) is 2.27. The van der Waals surface area contributed by atoms with Gasteiger partial charge in [0.25, 0.3) is 11.8 Å². The van der Waals surface area contributed by atoms with Gasteiger partial charge in [-0.2, -0.15) is 0 Å². The molecule has 2 aromatic carbocycles. The van der Waals surface area contributed by atoms with E-state index >= 15 is 0 Å². The van der Waals surface area contributed by atoms with Crippen molar-refractivity contribution in [3.63, 3.8) is 0 Å². The molecule has 0 spiro atoms. The Kier molecular flexibility index (Phi) is 7.91. The van der Waals surface area contributed by atoms with Gasteiger partial charge >= 0.3 is 0 Å². The van der Waals surface area contributed by atoms with E-state index in [0.717, 1.165) is 29.7 Å². The van der Waals surface area contributed by atoms with E-state index in [0.29, 0.717) is 38.7 Å². The number of methoxy groups -OCH3 is 1. The summed E-state index contributed by atoms with van der Waals surface area (Å²) in [6.07, 6.45) is 2.66. The molecular formula is C28H31ClN2O4S. The summed E-state index contributed by atoms with van der Waals surface area (Å²) >= 11 is 7.49. The van der Waals surface area contributed by atoms with Crippen molar-refractivity contribution < 1.29 is 19.1 Å². The SMILES string of the molecule is COc1ccccc1NC(=O)c1c(NC(=O)COc2cccc(Cl)c2)sc2c1CCC(C(C)(C)C)C2. The van der Waals surface area contributed by atoms with E-state index < -0.39 is 0 Å². The van der Waals surface area contributed by atoms with Crippen LogP contribution in [0.1, 0.15) is 48.0 Å². The molecule has 0 bridgehead atoms. The summed E-state index contributed by atoms with van der Waals surface area (Å²) in [7, 11) is 1.57. The summed E-state index contributed by atoms with van der Waals surface area (Å²) < 4.78 is 11.0. The first-order chi connectivity index (χ1) is 17.2. The fourth-order valence-corrected chi connectivity index (χ4v) is 5.98. The summed E-state index contributed by atoms with van der Waals surface area (Å²) in [5.74, 6) is 0.974. The first-order valence-electron chi connectivity index (χ1n) is 11.9. The smallest absolute Gasteiger partial charge is 0.262 e. The molecule has 1 unspecified atom stereocenters. The number of hydrogen-bond acceptors (Lipinski definition) is 5. The number of benzene rings is 2. The van der Waals surface area contributed by atoms with Crippen molar-refractivity contribution in [1.29, 1.82) is 0 Å². The number of nitrogens with one attached hydrogen (secondary N) is 2. The first kappa shape index (κ1) is 26.0. The van der Waals surface area contributed by atoms with Crippen LogP contribution in [0, 0.1) is 11.3 Å². The van der Waals surface area contributed by atoms with Crippen LogP contribution in [-0.4, -0.2) is 25.5 Å². The van der Waals surface area contributed by atoms with Crippen molar-refractivity contribution in [1.82, 2.24) is 0 Å². The zero-order valence-electron chi connectivity index (χ0n) is 20.9. The van der Waals surface area contributed by atoms with Crippen LogP contribution in [0.3, 0.4) is 0 Å². The number of carbonyl (C=O) groups excluding carboxylic acids is 2. The standard InChI is InChI=1S/C28H31ClN2O4S/c1-28(2,3)17-12-13-20-23(14-17)36-27(31-24(32)16-35-19-9-7-8-18(29)15-19)25(20)26(33)30-21-10-5-6-11-22(21)34-4/h5-11,15,17H,12-14,16H2,1-4H3,(H,30,33)(H,31,32). The number of fused-ring (bicyclic) bond motifs is 1. The van der Waals surface area contributed by atoms with Crippen LogP contribution in [0.2, 0.25) is 5.02 Å². The lowest BCUT2D eigenvalue weighted by molar-refractivity contribution is -0.118. The van der Waals surface area contributed by atoms with E-state index in [1.807, 2.05) is 12.1 Å². The number of thiophene rings is 1. The van der Waals surface area contributed by atoms with Crippen molar-refractivity contribution in [3.8, 4) is 11.5 Å². The molecule has 3 aromatic rings. The third-order valence-electron chi connectivity index (χ3n) is 6.49. The van der Waals surface area contributed by atoms with E-state index in [-0.39, 0.29) is 23.8 Å². The quantitative estimate of drug-likeness (QED) is 0.353. The summed E-state index contributed by atoms with van der Waals surface area (Å²) in [6.45, 7) is 6.56. The number of rotatable bonds is 7. The minimum Gasteiger partial charge on any atom is -0.495 e. The Labute approximate surface area is 221 Å². The topological polar surface area (TPSA) is 76.7 Å². The third-order valence-corrected chi connectivity index (χ3v) is 7.90. The highest BCUT2D eigenvalue weighted by molar-refractivity contribution is 7.17. The van der Waals surface area contributed by atoms with Gasteiger partial charge in [0, 0.05) is 9.90 Å². The van der Waals surface area contributed by atoms with Gasteiger partial charge in [-0.05, 0) is 66.5 Å². The molecule has 6 nitrogen and oxygen atoms in total. The predicted molar refractivity (Wildman–Crippen MR) is 146 cm³/mol. The molecule has 1 heterocycles. The van der Waals surface area contributed by atoms with Gasteiger partial charge in [-0.25, -0.2) is 0 Å². The van der Waals surface area contributed by atoms with Crippen LogP contribution < -0.4 is 20.1 Å². The number of halogens is 1. The van der Waals surface area contributed by atoms with Crippen LogP contribution in [0.25, 0.3) is 0 Å². The number of anilines is 2. The molecule has 0 fully saturated rings. The molecule has 0 saturated carbocycles. The molecular weight excluding hydrogens is 496 g/mol. The van der Waals surface area contributed by atoms with Gasteiger partial charge in [-0.15, -0.1) is 11.3 Å².